The van der Waals surface area contributed by atoms with Crippen molar-refractivity contribution in [1.82, 2.24) is 10.6 Å². The van der Waals surface area contributed by atoms with Crippen molar-refractivity contribution >= 4 is 28.6 Å². The number of benzene rings is 3. The molecule has 2 amide bonds. The molecule has 0 spiro atoms. The summed E-state index contributed by atoms with van der Waals surface area (Å²) < 4.78 is 5.13. The number of rotatable bonds is 9. The summed E-state index contributed by atoms with van der Waals surface area (Å²) in [5, 5.41) is 7.41. The predicted molar refractivity (Wildman–Crippen MR) is 136 cm³/mol. The monoisotopic (exact) mass is 468 g/mol. The highest BCUT2D eigenvalue weighted by Gasteiger charge is 2.24. The largest absolute Gasteiger partial charge is 0.464 e. The molecule has 1 aliphatic carbocycles. The third kappa shape index (κ3) is 6.03. The first kappa shape index (κ1) is 24.0. The smallest absolute Gasteiger partial charge is 0.328 e. The Kier molecular flexibility index (Phi) is 7.73. The van der Waals surface area contributed by atoms with Crippen LogP contribution in [0.25, 0.3) is 10.8 Å². The number of carbonyl (C=O) groups excluding carboxylic acids is 3. The molecule has 0 aromatic heterocycles. The zero-order valence-corrected chi connectivity index (χ0v) is 19.6. The van der Waals surface area contributed by atoms with Crippen LogP contribution in [0.3, 0.4) is 0 Å². The third-order valence-electron chi connectivity index (χ3n) is 5.87. The number of ether oxygens (including phenoxy) is 1. The molecular formula is C29H28N2O4. The van der Waals surface area contributed by atoms with E-state index < -0.39 is 17.9 Å². The quantitative estimate of drug-likeness (QED) is 0.464. The van der Waals surface area contributed by atoms with Gasteiger partial charge < -0.3 is 15.4 Å². The second-order valence-electron chi connectivity index (χ2n) is 8.33. The number of hydrogen-bond acceptors (Lipinski definition) is 4. The van der Waals surface area contributed by atoms with E-state index in [0.717, 1.165) is 21.9 Å². The van der Waals surface area contributed by atoms with Gasteiger partial charge in [0.25, 0.3) is 5.91 Å². The van der Waals surface area contributed by atoms with Crippen molar-refractivity contribution in [2.24, 2.45) is 0 Å². The highest BCUT2D eigenvalue weighted by molar-refractivity contribution is 6.02. The molecule has 0 saturated heterocycles. The van der Waals surface area contributed by atoms with E-state index in [1.165, 1.54) is 0 Å². The van der Waals surface area contributed by atoms with Crippen LogP contribution in [-0.2, 0) is 20.7 Å². The second-order valence-corrected chi connectivity index (χ2v) is 8.33. The lowest BCUT2D eigenvalue weighted by Gasteiger charge is -2.18. The summed E-state index contributed by atoms with van der Waals surface area (Å²) in [5.41, 5.74) is 2.29. The Hall–Kier alpha value is -4.19. The van der Waals surface area contributed by atoms with E-state index in [0.29, 0.717) is 12.0 Å². The molecule has 0 saturated carbocycles. The zero-order valence-electron chi connectivity index (χ0n) is 19.6. The lowest BCUT2D eigenvalue weighted by atomic mass is 9.91. The van der Waals surface area contributed by atoms with Gasteiger partial charge in [-0.05, 0) is 41.0 Å². The number of amides is 2. The van der Waals surface area contributed by atoms with E-state index in [2.05, 4.69) is 10.6 Å². The fourth-order valence-electron chi connectivity index (χ4n) is 4.16. The van der Waals surface area contributed by atoms with E-state index in [9.17, 15) is 14.4 Å². The van der Waals surface area contributed by atoms with E-state index >= 15 is 0 Å². The second kappa shape index (κ2) is 11.3. The van der Waals surface area contributed by atoms with E-state index in [1.807, 2.05) is 91.0 Å². The van der Waals surface area contributed by atoms with Gasteiger partial charge in [0.2, 0.25) is 5.91 Å². The normalized spacial score (nSPS) is 13.5. The average molecular weight is 469 g/mol. The van der Waals surface area contributed by atoms with E-state index in [-0.39, 0.29) is 25.0 Å². The van der Waals surface area contributed by atoms with Crippen molar-refractivity contribution in [2.45, 2.75) is 25.3 Å². The lowest BCUT2D eigenvalue weighted by Crippen LogP contribution is -2.47. The molecule has 0 fully saturated rings. The maximum absolute atomic E-state index is 13.2. The Balaban J connectivity index is 1.46. The minimum absolute atomic E-state index is 0.00625. The van der Waals surface area contributed by atoms with Crippen LogP contribution >= 0.6 is 0 Å². The van der Waals surface area contributed by atoms with Crippen molar-refractivity contribution in [2.75, 3.05) is 13.2 Å². The van der Waals surface area contributed by atoms with Crippen molar-refractivity contribution in [1.29, 1.82) is 0 Å². The molecular weight excluding hydrogens is 440 g/mol. The van der Waals surface area contributed by atoms with E-state index in [1.54, 1.807) is 6.92 Å². The lowest BCUT2D eigenvalue weighted by molar-refractivity contribution is -0.147. The van der Waals surface area contributed by atoms with Gasteiger partial charge >= 0.3 is 5.97 Å². The molecule has 6 heteroatoms. The average Bonchev–Trinajstić information content (AvgIpc) is 3.42. The molecule has 6 nitrogen and oxygen atoms in total. The van der Waals surface area contributed by atoms with Gasteiger partial charge in [-0.25, -0.2) is 4.79 Å². The standard InChI is InChI=1S/C29H28N2O4/c1-2-35-29(34)26(16-20-10-4-3-5-11-20)31-27(32)19-30-28(33)25-18-23-15-9-8-14-22(23)17-24(25)21-12-6-7-13-21/h3-15,17-18,21,26H,2,16,19H2,1H3,(H,30,33)(H,31,32)/t26-/m0/s1. The molecule has 0 aliphatic heterocycles. The number of allylic oxidation sites excluding steroid dienone is 4. The summed E-state index contributed by atoms with van der Waals surface area (Å²) in [6.45, 7) is 1.67. The first-order valence-electron chi connectivity index (χ1n) is 11.7. The maximum atomic E-state index is 13.2. The summed E-state index contributed by atoms with van der Waals surface area (Å²) in [5.74, 6) is -1.32. The van der Waals surface area contributed by atoms with Crippen LogP contribution in [0.1, 0.15) is 34.3 Å². The summed E-state index contributed by atoms with van der Waals surface area (Å²) in [7, 11) is 0. The highest BCUT2D eigenvalue weighted by Crippen LogP contribution is 2.30. The fourth-order valence-corrected chi connectivity index (χ4v) is 4.16. The maximum Gasteiger partial charge on any atom is 0.328 e. The Labute approximate surface area is 204 Å². The Morgan fingerprint density at radius 1 is 0.914 bits per heavy atom. The van der Waals surface area contributed by atoms with Crippen LogP contribution in [0.4, 0.5) is 0 Å². The molecule has 178 valence electrons. The van der Waals surface area contributed by atoms with Crippen LogP contribution in [0.15, 0.2) is 91.0 Å². The van der Waals surface area contributed by atoms with Crippen molar-refractivity contribution < 1.29 is 19.1 Å². The molecule has 0 bridgehead atoms. The Morgan fingerprint density at radius 2 is 1.57 bits per heavy atom. The highest BCUT2D eigenvalue weighted by atomic mass is 16.5. The Morgan fingerprint density at radius 3 is 2.26 bits per heavy atom. The molecule has 0 heterocycles. The molecule has 3 aromatic carbocycles. The molecule has 1 aliphatic rings. The van der Waals surface area contributed by atoms with Crippen molar-refractivity contribution in [3.8, 4) is 0 Å². The van der Waals surface area contributed by atoms with Crippen LogP contribution in [-0.4, -0.2) is 37.0 Å². The molecule has 1 atom stereocenters. The minimum Gasteiger partial charge on any atom is -0.464 e. The van der Waals surface area contributed by atoms with Crippen molar-refractivity contribution in [3.63, 3.8) is 0 Å². The third-order valence-corrected chi connectivity index (χ3v) is 5.87. The first-order valence-corrected chi connectivity index (χ1v) is 11.7. The molecule has 35 heavy (non-hydrogen) atoms. The van der Waals surface area contributed by atoms with Gasteiger partial charge in [0.05, 0.1) is 13.2 Å². The number of nitrogens with one attached hydrogen (secondary N) is 2. The van der Waals surface area contributed by atoms with Gasteiger partial charge in [0.15, 0.2) is 0 Å². The first-order chi connectivity index (χ1) is 17.0. The van der Waals surface area contributed by atoms with Crippen LogP contribution in [0.5, 0.6) is 0 Å². The molecule has 2 N–H and O–H groups in total. The van der Waals surface area contributed by atoms with Crippen LogP contribution in [0.2, 0.25) is 0 Å². The summed E-state index contributed by atoms with van der Waals surface area (Å²) in [6, 6.07) is 20.3. The fraction of sp³-hybridized carbons (Fsp3) is 0.207. The number of esters is 1. The summed E-state index contributed by atoms with van der Waals surface area (Å²) in [6.07, 6.45) is 8.27. The molecule has 0 unspecified atom stereocenters. The topological polar surface area (TPSA) is 84.5 Å². The van der Waals surface area contributed by atoms with Gasteiger partial charge in [-0.15, -0.1) is 0 Å². The van der Waals surface area contributed by atoms with Crippen molar-refractivity contribution in [3.05, 3.63) is 108 Å². The molecule has 0 radical (unpaired) electrons. The number of fused-ring (bicyclic) bond motifs is 1. The van der Waals surface area contributed by atoms with Crippen LogP contribution < -0.4 is 10.6 Å². The number of hydrogen-bond donors (Lipinski definition) is 2. The van der Waals surface area contributed by atoms with Gasteiger partial charge in [-0.2, -0.15) is 0 Å². The van der Waals surface area contributed by atoms with Gasteiger partial charge in [0.1, 0.15) is 6.04 Å². The predicted octanol–water partition coefficient (Wildman–Crippen LogP) is 4.07. The van der Waals surface area contributed by atoms with E-state index in [4.69, 9.17) is 4.74 Å². The molecule has 4 rings (SSSR count). The number of carbonyl (C=O) groups is 3. The van der Waals surface area contributed by atoms with Gasteiger partial charge in [0, 0.05) is 17.9 Å². The van der Waals surface area contributed by atoms with Gasteiger partial charge in [-0.1, -0.05) is 78.9 Å². The van der Waals surface area contributed by atoms with Crippen LogP contribution in [0, 0.1) is 0 Å². The van der Waals surface area contributed by atoms with Gasteiger partial charge in [-0.3, -0.25) is 9.59 Å². The summed E-state index contributed by atoms with van der Waals surface area (Å²) in [4.78, 5) is 38.3. The SMILES string of the molecule is CCOC(=O)[C@H](Cc1ccccc1)NC(=O)CNC(=O)c1cc2ccccc2cc1C1C=CC=C1. The zero-order chi connectivity index (χ0) is 24.6. The summed E-state index contributed by atoms with van der Waals surface area (Å²) >= 11 is 0. The minimum atomic E-state index is -0.841. The molecule has 3 aromatic rings. The Bertz CT molecular complexity index is 1270.